The highest BCUT2D eigenvalue weighted by molar-refractivity contribution is 6.28. The third-order valence-corrected chi connectivity index (χ3v) is 3.21. The van der Waals surface area contributed by atoms with Gasteiger partial charge in [-0.05, 0) is 30.4 Å². The third kappa shape index (κ3) is 3.00. The summed E-state index contributed by atoms with van der Waals surface area (Å²) in [4.78, 5) is 16.5. The van der Waals surface area contributed by atoms with Gasteiger partial charge in [-0.15, -0.1) is 0 Å². The van der Waals surface area contributed by atoms with Gasteiger partial charge >= 0.3 is 0 Å². The second-order valence-corrected chi connectivity index (χ2v) is 5.07. The van der Waals surface area contributed by atoms with Gasteiger partial charge in [0.1, 0.15) is 0 Å². The number of hydrogen-bond donors (Lipinski definition) is 1. The topological polar surface area (TPSA) is 65.4 Å². The van der Waals surface area contributed by atoms with Crippen molar-refractivity contribution in [2.75, 3.05) is 43.6 Å². The van der Waals surface area contributed by atoms with E-state index in [-0.39, 0.29) is 17.8 Å². The van der Waals surface area contributed by atoms with Crippen LogP contribution in [-0.2, 0) is 0 Å². The second-order valence-electron chi connectivity index (χ2n) is 4.74. The SMILES string of the molecule is CN(C)c1nc(Cl)nc(N2CCCC(CO)C2)n1. The summed E-state index contributed by atoms with van der Waals surface area (Å²) in [5.74, 6) is 1.44. The Hall–Kier alpha value is -1.14. The first kappa shape index (κ1) is 13.3. The van der Waals surface area contributed by atoms with Gasteiger partial charge in [-0.25, -0.2) is 0 Å². The molecule has 2 heterocycles. The van der Waals surface area contributed by atoms with E-state index in [0.29, 0.717) is 11.9 Å². The molecule has 100 valence electrons. The van der Waals surface area contributed by atoms with Gasteiger partial charge in [0.25, 0.3) is 0 Å². The summed E-state index contributed by atoms with van der Waals surface area (Å²) in [5.41, 5.74) is 0. The molecule has 1 atom stereocenters. The molecule has 18 heavy (non-hydrogen) atoms. The summed E-state index contributed by atoms with van der Waals surface area (Å²) in [7, 11) is 3.73. The maximum Gasteiger partial charge on any atom is 0.231 e. The molecule has 0 amide bonds. The van der Waals surface area contributed by atoms with Crippen LogP contribution < -0.4 is 9.80 Å². The summed E-state index contributed by atoms with van der Waals surface area (Å²) >= 11 is 5.92. The quantitative estimate of drug-likeness (QED) is 0.877. The summed E-state index contributed by atoms with van der Waals surface area (Å²) < 4.78 is 0. The predicted octanol–water partition coefficient (Wildman–Crippen LogP) is 0.800. The predicted molar refractivity (Wildman–Crippen MR) is 71.2 cm³/mol. The fraction of sp³-hybridized carbons (Fsp3) is 0.727. The maximum absolute atomic E-state index is 9.24. The Morgan fingerprint density at radius 1 is 1.39 bits per heavy atom. The normalized spacial score (nSPS) is 20.0. The van der Waals surface area contributed by atoms with Gasteiger partial charge in [-0.3, -0.25) is 0 Å². The van der Waals surface area contributed by atoms with Crippen LogP contribution in [0, 0.1) is 5.92 Å². The zero-order valence-electron chi connectivity index (χ0n) is 10.7. The fourth-order valence-corrected chi connectivity index (χ4v) is 2.22. The lowest BCUT2D eigenvalue weighted by Gasteiger charge is -2.32. The highest BCUT2D eigenvalue weighted by atomic mass is 35.5. The molecule has 7 heteroatoms. The lowest BCUT2D eigenvalue weighted by molar-refractivity contribution is 0.208. The van der Waals surface area contributed by atoms with Gasteiger partial charge in [-0.1, -0.05) is 0 Å². The number of aliphatic hydroxyl groups excluding tert-OH is 1. The molecule has 0 aliphatic carbocycles. The van der Waals surface area contributed by atoms with Crippen LogP contribution in [0.2, 0.25) is 5.28 Å². The molecule has 0 spiro atoms. The number of halogens is 1. The average Bonchev–Trinajstić information content (AvgIpc) is 2.38. The van der Waals surface area contributed by atoms with E-state index in [1.54, 1.807) is 4.90 Å². The van der Waals surface area contributed by atoms with Gasteiger partial charge in [0.05, 0.1) is 0 Å². The molecule has 1 fully saturated rings. The van der Waals surface area contributed by atoms with Crippen LogP contribution >= 0.6 is 11.6 Å². The van der Waals surface area contributed by atoms with Crippen molar-refractivity contribution in [2.24, 2.45) is 5.92 Å². The van der Waals surface area contributed by atoms with Crippen molar-refractivity contribution >= 4 is 23.5 Å². The maximum atomic E-state index is 9.24. The first-order valence-corrected chi connectivity index (χ1v) is 6.42. The van der Waals surface area contributed by atoms with Gasteiger partial charge < -0.3 is 14.9 Å². The molecule has 0 bridgehead atoms. The zero-order chi connectivity index (χ0) is 13.1. The average molecular weight is 272 g/mol. The Balaban J connectivity index is 2.21. The smallest absolute Gasteiger partial charge is 0.231 e. The van der Waals surface area contributed by atoms with Crippen LogP contribution in [-0.4, -0.2) is 53.9 Å². The van der Waals surface area contributed by atoms with Crippen molar-refractivity contribution in [2.45, 2.75) is 12.8 Å². The van der Waals surface area contributed by atoms with E-state index in [0.717, 1.165) is 25.9 Å². The van der Waals surface area contributed by atoms with E-state index in [9.17, 15) is 5.11 Å². The molecule has 0 aromatic carbocycles. The van der Waals surface area contributed by atoms with E-state index in [1.807, 2.05) is 14.1 Å². The van der Waals surface area contributed by atoms with E-state index < -0.39 is 0 Å². The Labute approximate surface area is 112 Å². The molecular formula is C11H18ClN5O. The number of nitrogens with zero attached hydrogens (tertiary/aromatic N) is 5. The van der Waals surface area contributed by atoms with Crippen molar-refractivity contribution in [1.29, 1.82) is 0 Å². The minimum atomic E-state index is 0.204. The number of hydrogen-bond acceptors (Lipinski definition) is 6. The van der Waals surface area contributed by atoms with Crippen molar-refractivity contribution in [3.63, 3.8) is 0 Å². The first-order valence-electron chi connectivity index (χ1n) is 6.05. The van der Waals surface area contributed by atoms with Gasteiger partial charge in [0.2, 0.25) is 17.2 Å². The van der Waals surface area contributed by atoms with E-state index >= 15 is 0 Å². The molecule has 2 rings (SSSR count). The largest absolute Gasteiger partial charge is 0.396 e. The Kier molecular flexibility index (Phi) is 4.19. The minimum absolute atomic E-state index is 0.204. The highest BCUT2D eigenvalue weighted by Gasteiger charge is 2.22. The lowest BCUT2D eigenvalue weighted by atomic mass is 9.99. The number of anilines is 2. The highest BCUT2D eigenvalue weighted by Crippen LogP contribution is 2.22. The molecule has 1 aliphatic heterocycles. The first-order chi connectivity index (χ1) is 8.60. The van der Waals surface area contributed by atoms with Crippen LogP contribution in [0.15, 0.2) is 0 Å². The lowest BCUT2D eigenvalue weighted by Crippen LogP contribution is -2.38. The molecule has 1 aromatic rings. The van der Waals surface area contributed by atoms with Crippen LogP contribution in [0.3, 0.4) is 0 Å². The van der Waals surface area contributed by atoms with Crippen LogP contribution in [0.4, 0.5) is 11.9 Å². The van der Waals surface area contributed by atoms with Crippen molar-refractivity contribution in [3.8, 4) is 0 Å². The molecule has 1 aromatic heterocycles. The molecule has 6 nitrogen and oxygen atoms in total. The summed E-state index contributed by atoms with van der Waals surface area (Å²) in [6, 6.07) is 0. The number of aromatic nitrogens is 3. The zero-order valence-corrected chi connectivity index (χ0v) is 11.4. The van der Waals surface area contributed by atoms with Crippen LogP contribution in [0.5, 0.6) is 0 Å². The number of rotatable bonds is 3. The minimum Gasteiger partial charge on any atom is -0.396 e. The number of aliphatic hydroxyl groups is 1. The number of piperidine rings is 1. The molecule has 1 unspecified atom stereocenters. The van der Waals surface area contributed by atoms with Gasteiger partial charge in [0.15, 0.2) is 0 Å². The van der Waals surface area contributed by atoms with Crippen LogP contribution in [0.1, 0.15) is 12.8 Å². The molecular weight excluding hydrogens is 254 g/mol. The van der Waals surface area contributed by atoms with E-state index in [1.165, 1.54) is 0 Å². The Morgan fingerprint density at radius 3 is 2.83 bits per heavy atom. The van der Waals surface area contributed by atoms with Crippen molar-refractivity contribution < 1.29 is 5.11 Å². The molecule has 0 saturated carbocycles. The standard InChI is InChI=1S/C11H18ClN5O/c1-16(2)10-13-9(12)14-11(15-10)17-5-3-4-8(6-17)7-18/h8,18H,3-7H2,1-2H3. The van der Waals surface area contributed by atoms with E-state index in [4.69, 9.17) is 11.6 Å². The third-order valence-electron chi connectivity index (χ3n) is 3.04. The van der Waals surface area contributed by atoms with Crippen molar-refractivity contribution in [1.82, 2.24) is 15.0 Å². The molecule has 1 N–H and O–H groups in total. The second kappa shape index (κ2) is 5.67. The Morgan fingerprint density at radius 2 is 2.17 bits per heavy atom. The molecule has 1 saturated heterocycles. The van der Waals surface area contributed by atoms with E-state index in [2.05, 4.69) is 19.9 Å². The molecule has 1 aliphatic rings. The summed E-state index contributed by atoms with van der Waals surface area (Å²) in [6.07, 6.45) is 2.08. The van der Waals surface area contributed by atoms with Gasteiger partial charge in [0, 0.05) is 33.8 Å². The van der Waals surface area contributed by atoms with Crippen LogP contribution in [0.25, 0.3) is 0 Å². The van der Waals surface area contributed by atoms with Crippen molar-refractivity contribution in [3.05, 3.63) is 5.28 Å². The monoisotopic (exact) mass is 271 g/mol. The fourth-order valence-electron chi connectivity index (χ4n) is 2.07. The molecule has 0 radical (unpaired) electrons. The summed E-state index contributed by atoms with van der Waals surface area (Å²) in [5, 5.41) is 9.44. The summed E-state index contributed by atoms with van der Waals surface area (Å²) in [6.45, 7) is 1.86. The Bertz CT molecular complexity index is 414. The van der Waals surface area contributed by atoms with Gasteiger partial charge in [-0.2, -0.15) is 15.0 Å².